The van der Waals surface area contributed by atoms with Gasteiger partial charge in [0.15, 0.2) is 23.2 Å². The molecular weight excluding hydrogens is 584 g/mol. The molecule has 2 aromatic rings. The van der Waals surface area contributed by atoms with E-state index >= 15 is 0 Å². The standard InChI is InChI=1S/C29H31F6N3O5/c1-14(2)8-16(10-24(40)37-12-17-18(30)4-3-5-19(17)31)29(42)38-22(9-15-6-7-36-28(15)41)23(39)13-43-27-25(34)20(32)11-21(33)26(27)35/h3-5,11,14-16,22H,6-10,12-13H2,1-2H3,(H,36,41)(H,37,40)(H,38,42)/t15-,16+,22-/m0/s1. The molecule has 3 rings (SSSR count). The number of rotatable bonds is 14. The monoisotopic (exact) mass is 615 g/mol. The molecule has 3 atom stereocenters. The van der Waals surface area contributed by atoms with Crippen molar-refractivity contribution in [2.45, 2.75) is 52.1 Å². The highest BCUT2D eigenvalue weighted by Crippen LogP contribution is 2.27. The van der Waals surface area contributed by atoms with Crippen LogP contribution in [0.5, 0.6) is 5.75 Å². The molecule has 0 bridgehead atoms. The first-order valence-corrected chi connectivity index (χ1v) is 13.5. The Bertz CT molecular complexity index is 1330. The first-order valence-electron chi connectivity index (χ1n) is 13.5. The van der Waals surface area contributed by atoms with Crippen LogP contribution in [0.4, 0.5) is 26.3 Å². The summed E-state index contributed by atoms with van der Waals surface area (Å²) in [6, 6.07) is 1.76. The molecule has 0 aliphatic carbocycles. The number of hydrogen-bond donors (Lipinski definition) is 3. The van der Waals surface area contributed by atoms with Gasteiger partial charge in [0.05, 0.1) is 6.04 Å². The van der Waals surface area contributed by atoms with Gasteiger partial charge in [-0.3, -0.25) is 19.2 Å². The summed E-state index contributed by atoms with van der Waals surface area (Å²) in [5, 5.41) is 7.42. The lowest BCUT2D eigenvalue weighted by atomic mass is 9.91. The number of ketones is 1. The van der Waals surface area contributed by atoms with E-state index in [1.807, 2.05) is 0 Å². The van der Waals surface area contributed by atoms with Crippen LogP contribution in [0.25, 0.3) is 0 Å². The van der Waals surface area contributed by atoms with E-state index in [9.17, 15) is 45.5 Å². The average Bonchev–Trinajstić information content (AvgIpc) is 3.34. The Balaban J connectivity index is 1.74. The molecule has 1 heterocycles. The third-order valence-corrected chi connectivity index (χ3v) is 6.90. The van der Waals surface area contributed by atoms with E-state index in [1.165, 1.54) is 6.07 Å². The Morgan fingerprint density at radius 1 is 1.00 bits per heavy atom. The highest BCUT2D eigenvalue weighted by molar-refractivity contribution is 5.93. The maximum absolute atomic E-state index is 14.0. The van der Waals surface area contributed by atoms with Crippen molar-refractivity contribution in [2.75, 3.05) is 13.2 Å². The number of carbonyl (C=O) groups excluding carboxylic acids is 4. The summed E-state index contributed by atoms with van der Waals surface area (Å²) in [5.41, 5.74) is -0.368. The average molecular weight is 616 g/mol. The number of benzene rings is 2. The normalized spacial score (nSPS) is 16.0. The fourth-order valence-electron chi connectivity index (χ4n) is 4.67. The zero-order valence-corrected chi connectivity index (χ0v) is 23.4. The van der Waals surface area contributed by atoms with Gasteiger partial charge in [-0.1, -0.05) is 19.9 Å². The quantitative estimate of drug-likeness (QED) is 0.221. The molecule has 0 unspecified atom stereocenters. The lowest BCUT2D eigenvalue weighted by Crippen LogP contribution is -2.47. The van der Waals surface area contributed by atoms with E-state index < -0.39 is 102 Å². The highest BCUT2D eigenvalue weighted by atomic mass is 19.2. The number of carbonyl (C=O) groups is 4. The minimum atomic E-state index is -1.86. The second-order valence-corrected chi connectivity index (χ2v) is 10.6. The SMILES string of the molecule is CC(C)C[C@H](CC(=O)NCc1c(F)cccc1F)C(=O)N[C@@H](C[C@@H]1CCNC1=O)C(=O)COc1c(F)c(F)cc(F)c1F. The minimum absolute atomic E-state index is 0.0288. The van der Waals surface area contributed by atoms with Crippen molar-refractivity contribution >= 4 is 23.5 Å². The molecule has 3 N–H and O–H groups in total. The largest absolute Gasteiger partial charge is 0.479 e. The fourth-order valence-corrected chi connectivity index (χ4v) is 4.67. The lowest BCUT2D eigenvalue weighted by Gasteiger charge is -2.24. The van der Waals surface area contributed by atoms with Crippen LogP contribution in [-0.4, -0.2) is 42.7 Å². The summed E-state index contributed by atoms with van der Waals surface area (Å²) in [4.78, 5) is 51.2. The van der Waals surface area contributed by atoms with Gasteiger partial charge in [0, 0.05) is 43.0 Å². The number of nitrogens with one attached hydrogen (secondary N) is 3. The highest BCUT2D eigenvalue weighted by Gasteiger charge is 2.34. The van der Waals surface area contributed by atoms with Gasteiger partial charge in [0.1, 0.15) is 18.2 Å². The Morgan fingerprint density at radius 2 is 1.63 bits per heavy atom. The Kier molecular flexibility index (Phi) is 11.6. The molecule has 3 amide bonds. The van der Waals surface area contributed by atoms with Crippen molar-refractivity contribution in [3.63, 3.8) is 0 Å². The van der Waals surface area contributed by atoms with E-state index in [2.05, 4.69) is 16.0 Å². The summed E-state index contributed by atoms with van der Waals surface area (Å²) < 4.78 is 87.8. The molecular formula is C29H31F6N3O5. The molecule has 0 spiro atoms. The van der Waals surface area contributed by atoms with Crippen LogP contribution in [-0.2, 0) is 25.7 Å². The number of ether oxygens (including phenoxy) is 1. The molecule has 43 heavy (non-hydrogen) atoms. The van der Waals surface area contributed by atoms with Gasteiger partial charge in [-0.15, -0.1) is 0 Å². The van der Waals surface area contributed by atoms with Gasteiger partial charge in [-0.25, -0.2) is 17.6 Å². The third kappa shape index (κ3) is 8.94. The van der Waals surface area contributed by atoms with Gasteiger partial charge in [0.2, 0.25) is 29.4 Å². The van der Waals surface area contributed by atoms with Gasteiger partial charge in [-0.2, -0.15) is 8.78 Å². The molecule has 1 saturated heterocycles. The fraction of sp³-hybridized carbons (Fsp3) is 0.448. The molecule has 0 aromatic heterocycles. The second kappa shape index (κ2) is 14.9. The topological polar surface area (TPSA) is 114 Å². The minimum Gasteiger partial charge on any atom is -0.479 e. The van der Waals surface area contributed by atoms with E-state index in [1.54, 1.807) is 13.8 Å². The molecule has 1 fully saturated rings. The van der Waals surface area contributed by atoms with Crippen molar-refractivity contribution in [3.05, 3.63) is 64.7 Å². The zero-order chi connectivity index (χ0) is 31.8. The van der Waals surface area contributed by atoms with Crippen molar-refractivity contribution in [1.82, 2.24) is 16.0 Å². The van der Waals surface area contributed by atoms with Crippen LogP contribution in [0, 0.1) is 52.7 Å². The molecule has 1 aliphatic rings. The summed E-state index contributed by atoms with van der Waals surface area (Å²) in [7, 11) is 0. The Morgan fingerprint density at radius 3 is 2.19 bits per heavy atom. The Hall–Kier alpha value is -4.10. The molecule has 2 aromatic carbocycles. The summed E-state index contributed by atoms with van der Waals surface area (Å²) in [6.45, 7) is 2.27. The molecule has 0 radical (unpaired) electrons. The summed E-state index contributed by atoms with van der Waals surface area (Å²) >= 11 is 0. The first kappa shape index (κ1) is 33.4. The summed E-state index contributed by atoms with van der Waals surface area (Å²) in [5.74, 6) is -15.1. The summed E-state index contributed by atoms with van der Waals surface area (Å²) in [6.07, 6.45) is -0.161. The third-order valence-electron chi connectivity index (χ3n) is 6.90. The van der Waals surface area contributed by atoms with Crippen molar-refractivity contribution in [3.8, 4) is 5.75 Å². The van der Waals surface area contributed by atoms with Gasteiger partial charge < -0.3 is 20.7 Å². The molecule has 1 aliphatic heterocycles. The van der Waals surface area contributed by atoms with Crippen LogP contribution in [0.1, 0.15) is 45.1 Å². The van der Waals surface area contributed by atoms with Crippen LogP contribution in [0.3, 0.4) is 0 Å². The maximum Gasteiger partial charge on any atom is 0.224 e. The number of Topliss-reactive ketones (excluding diaryl/α,β-unsaturated/α-hetero) is 1. The van der Waals surface area contributed by atoms with Crippen molar-refractivity contribution < 1.29 is 50.3 Å². The predicted molar refractivity (Wildman–Crippen MR) is 140 cm³/mol. The van der Waals surface area contributed by atoms with Gasteiger partial charge in [-0.05, 0) is 37.3 Å². The Labute approximate surface area is 243 Å². The second-order valence-electron chi connectivity index (χ2n) is 10.6. The predicted octanol–water partition coefficient (Wildman–Crippen LogP) is 3.85. The molecule has 8 nitrogen and oxygen atoms in total. The van der Waals surface area contributed by atoms with Gasteiger partial charge >= 0.3 is 0 Å². The van der Waals surface area contributed by atoms with Gasteiger partial charge in [0.25, 0.3) is 0 Å². The maximum atomic E-state index is 14.0. The molecule has 14 heteroatoms. The molecule has 0 saturated carbocycles. The number of amides is 3. The molecule has 234 valence electrons. The van der Waals surface area contributed by atoms with E-state index in [4.69, 9.17) is 4.74 Å². The first-order chi connectivity index (χ1) is 20.3. The van der Waals surface area contributed by atoms with Crippen LogP contribution >= 0.6 is 0 Å². The van der Waals surface area contributed by atoms with Crippen LogP contribution in [0.15, 0.2) is 24.3 Å². The van der Waals surface area contributed by atoms with Crippen LogP contribution in [0.2, 0.25) is 0 Å². The number of hydrogen-bond acceptors (Lipinski definition) is 5. The van der Waals surface area contributed by atoms with Crippen molar-refractivity contribution in [1.29, 1.82) is 0 Å². The number of halogens is 6. The van der Waals surface area contributed by atoms with E-state index in [0.29, 0.717) is 13.0 Å². The van der Waals surface area contributed by atoms with E-state index in [-0.39, 0.29) is 30.4 Å². The smallest absolute Gasteiger partial charge is 0.224 e. The van der Waals surface area contributed by atoms with Crippen LogP contribution < -0.4 is 20.7 Å². The van der Waals surface area contributed by atoms with E-state index in [0.717, 1.165) is 12.1 Å². The van der Waals surface area contributed by atoms with Crippen molar-refractivity contribution in [2.24, 2.45) is 17.8 Å². The zero-order valence-electron chi connectivity index (χ0n) is 23.4. The lowest BCUT2D eigenvalue weighted by molar-refractivity contribution is -0.134.